The molecule has 0 aliphatic rings. The normalized spacial score (nSPS) is 10.5. The van der Waals surface area contributed by atoms with Gasteiger partial charge in [-0.1, -0.05) is 70.0 Å². The van der Waals surface area contributed by atoms with E-state index in [0.29, 0.717) is 5.02 Å². The molecule has 1 aromatic heterocycles. The molecule has 0 amide bonds. The van der Waals surface area contributed by atoms with E-state index in [1.54, 1.807) is 6.26 Å². The molecule has 0 aliphatic carbocycles. The van der Waals surface area contributed by atoms with Crippen molar-refractivity contribution >= 4 is 38.5 Å². The van der Waals surface area contributed by atoms with Crippen LogP contribution in [0, 0.1) is 6.92 Å². The van der Waals surface area contributed by atoms with Crippen LogP contribution in [-0.2, 0) is 0 Å². The lowest BCUT2D eigenvalue weighted by Crippen LogP contribution is -1.83. The lowest BCUT2D eigenvalue weighted by atomic mass is 10.0. The second kappa shape index (κ2) is 6.55. The van der Waals surface area contributed by atoms with E-state index in [0.717, 1.165) is 32.1 Å². The number of benzene rings is 2. The van der Waals surface area contributed by atoms with Gasteiger partial charge in [0.1, 0.15) is 5.58 Å². The van der Waals surface area contributed by atoms with Crippen LogP contribution in [0.15, 0.2) is 75.8 Å². The van der Waals surface area contributed by atoms with Crippen molar-refractivity contribution in [2.45, 2.75) is 6.92 Å². The van der Waals surface area contributed by atoms with Gasteiger partial charge in [0.2, 0.25) is 0 Å². The summed E-state index contributed by atoms with van der Waals surface area (Å²) in [5.41, 5.74) is 4.08. The Morgan fingerprint density at radius 1 is 0.909 bits per heavy atom. The Balaban J connectivity index is 2.41. The molecule has 0 saturated heterocycles. The van der Waals surface area contributed by atoms with Crippen LogP contribution in [-0.4, -0.2) is 0 Å². The zero-order valence-corrected chi connectivity index (χ0v) is 14.4. The summed E-state index contributed by atoms with van der Waals surface area (Å²) in [6.45, 7) is 2.08. The van der Waals surface area contributed by atoms with E-state index in [2.05, 4.69) is 41.1 Å². The lowest BCUT2D eigenvalue weighted by molar-refractivity contribution is 0.607. The molecule has 1 heterocycles. The molecule has 3 aromatic rings. The number of fused-ring (bicyclic) bond motifs is 1. The number of hydrogen-bond acceptors (Lipinski definition) is 1. The van der Waals surface area contributed by atoms with Crippen molar-refractivity contribution in [2.24, 2.45) is 0 Å². The molecule has 22 heavy (non-hydrogen) atoms. The van der Waals surface area contributed by atoms with Gasteiger partial charge in [-0.2, -0.15) is 0 Å². The van der Waals surface area contributed by atoms with Crippen LogP contribution in [0.1, 0.15) is 5.56 Å². The second-order valence-electron chi connectivity index (χ2n) is 4.99. The first-order valence-electron chi connectivity index (χ1n) is 6.92. The van der Waals surface area contributed by atoms with E-state index >= 15 is 0 Å². The summed E-state index contributed by atoms with van der Waals surface area (Å²) in [7, 11) is 0. The lowest BCUT2D eigenvalue weighted by Gasteiger charge is -2.08. The molecule has 0 saturated carbocycles. The molecule has 0 N–H and O–H groups in total. The average Bonchev–Trinajstić information content (AvgIpc) is 2.59. The zero-order valence-electron chi connectivity index (χ0n) is 12.0. The monoisotopic (exact) mass is 372 g/mol. The summed E-state index contributed by atoms with van der Waals surface area (Å²) >= 11 is 9.64. The molecular weight excluding hydrogens is 360 g/mol. The van der Waals surface area contributed by atoms with Gasteiger partial charge in [0.05, 0.1) is 6.26 Å². The fraction of sp³-hybridized carbons (Fsp3) is 0.0526. The van der Waals surface area contributed by atoms with Gasteiger partial charge in [-0.05, 0) is 36.2 Å². The van der Waals surface area contributed by atoms with Crippen LogP contribution in [0.3, 0.4) is 0 Å². The van der Waals surface area contributed by atoms with Gasteiger partial charge in [0.15, 0.2) is 0 Å². The third-order valence-corrected chi connectivity index (χ3v) is 4.39. The summed E-state index contributed by atoms with van der Waals surface area (Å²) in [4.78, 5) is 0. The van der Waals surface area contributed by atoms with Crippen molar-refractivity contribution in [3.8, 4) is 11.1 Å². The first-order chi connectivity index (χ1) is 10.7. The average molecular weight is 374 g/mol. The quantitative estimate of drug-likeness (QED) is 0.450. The van der Waals surface area contributed by atoms with E-state index in [1.807, 2.05) is 42.5 Å². The molecule has 0 atom stereocenters. The Kier molecular flexibility index (Phi) is 4.51. The molecule has 0 spiro atoms. The van der Waals surface area contributed by atoms with Crippen molar-refractivity contribution < 1.29 is 4.42 Å². The van der Waals surface area contributed by atoms with E-state index in [-0.39, 0.29) is 0 Å². The molecule has 3 rings (SSSR count). The second-order valence-corrected chi connectivity index (χ2v) is 6.28. The van der Waals surface area contributed by atoms with Crippen molar-refractivity contribution in [3.63, 3.8) is 0 Å². The Labute approximate surface area is 143 Å². The molecule has 0 fully saturated rings. The maximum Gasteiger partial charge on any atom is 0.141 e. The third-order valence-electron chi connectivity index (χ3n) is 3.49. The minimum Gasteiger partial charge on any atom is -0.464 e. The van der Waals surface area contributed by atoms with Gasteiger partial charge in [0, 0.05) is 20.4 Å². The molecule has 0 bridgehead atoms. The standard InChI is InChI=1S/C19H14BrClO/c1-13-6-3-2-4-11-22-19-15(13)7-5-8-17(19)16-10-9-14(21)12-18(16)20/h2-12H,1H3. The topological polar surface area (TPSA) is 13.1 Å². The van der Waals surface area contributed by atoms with Crippen molar-refractivity contribution in [2.75, 3.05) is 0 Å². The van der Waals surface area contributed by atoms with E-state index in [4.69, 9.17) is 16.0 Å². The van der Waals surface area contributed by atoms with Crippen LogP contribution in [0.4, 0.5) is 0 Å². The van der Waals surface area contributed by atoms with Crippen LogP contribution >= 0.6 is 27.5 Å². The van der Waals surface area contributed by atoms with Gasteiger partial charge in [-0.3, -0.25) is 0 Å². The maximum atomic E-state index is 6.05. The summed E-state index contributed by atoms with van der Waals surface area (Å²) < 4.78 is 6.87. The summed E-state index contributed by atoms with van der Waals surface area (Å²) in [5, 5.41) is 1.78. The van der Waals surface area contributed by atoms with Crippen LogP contribution in [0.25, 0.3) is 22.1 Å². The van der Waals surface area contributed by atoms with Gasteiger partial charge >= 0.3 is 0 Å². The first-order valence-corrected chi connectivity index (χ1v) is 8.09. The Morgan fingerprint density at radius 3 is 2.59 bits per heavy atom. The largest absolute Gasteiger partial charge is 0.464 e. The van der Waals surface area contributed by atoms with Crippen LogP contribution < -0.4 is 0 Å². The number of para-hydroxylation sites is 1. The number of hydrogen-bond donors (Lipinski definition) is 0. The summed E-state index contributed by atoms with van der Waals surface area (Å²) in [5.74, 6) is 0. The predicted molar refractivity (Wildman–Crippen MR) is 96.7 cm³/mol. The number of halogens is 2. The van der Waals surface area contributed by atoms with E-state index in [1.165, 1.54) is 0 Å². The first kappa shape index (κ1) is 15.1. The molecule has 0 radical (unpaired) electrons. The fourth-order valence-corrected chi connectivity index (χ4v) is 3.30. The van der Waals surface area contributed by atoms with Gasteiger partial charge < -0.3 is 4.42 Å². The highest BCUT2D eigenvalue weighted by atomic mass is 79.9. The Bertz CT molecular complexity index is 882. The molecule has 110 valence electrons. The summed E-state index contributed by atoms with van der Waals surface area (Å²) in [6.07, 6.45) is 1.70. The maximum absolute atomic E-state index is 6.05. The van der Waals surface area contributed by atoms with Gasteiger partial charge in [-0.15, -0.1) is 0 Å². The highest BCUT2D eigenvalue weighted by molar-refractivity contribution is 9.10. The van der Waals surface area contributed by atoms with Crippen molar-refractivity contribution in [1.29, 1.82) is 0 Å². The third kappa shape index (κ3) is 3.03. The van der Waals surface area contributed by atoms with E-state index in [9.17, 15) is 0 Å². The van der Waals surface area contributed by atoms with E-state index < -0.39 is 0 Å². The fourth-order valence-electron chi connectivity index (χ4n) is 2.40. The molecule has 0 unspecified atom stereocenters. The highest BCUT2D eigenvalue weighted by Gasteiger charge is 2.09. The Hall–Kier alpha value is -1.77. The molecular formula is C19H14BrClO. The minimum absolute atomic E-state index is 0.701. The highest BCUT2D eigenvalue weighted by Crippen LogP contribution is 2.35. The summed E-state index contributed by atoms with van der Waals surface area (Å²) in [6, 6.07) is 19.9. The molecule has 2 aromatic carbocycles. The van der Waals surface area contributed by atoms with Crippen LogP contribution in [0.2, 0.25) is 5.02 Å². The zero-order chi connectivity index (χ0) is 15.5. The number of aryl methyl sites for hydroxylation is 1. The molecule has 0 aliphatic heterocycles. The van der Waals surface area contributed by atoms with Crippen molar-refractivity contribution in [3.05, 3.63) is 82.0 Å². The predicted octanol–water partition coefficient (Wildman–Crippen LogP) is 6.95. The van der Waals surface area contributed by atoms with Gasteiger partial charge in [0.25, 0.3) is 0 Å². The smallest absolute Gasteiger partial charge is 0.141 e. The Morgan fingerprint density at radius 2 is 1.77 bits per heavy atom. The minimum atomic E-state index is 0.701. The van der Waals surface area contributed by atoms with Crippen molar-refractivity contribution in [1.82, 2.24) is 0 Å². The van der Waals surface area contributed by atoms with Gasteiger partial charge in [-0.25, -0.2) is 0 Å². The molecule has 1 nitrogen and oxygen atoms in total. The number of rotatable bonds is 1. The van der Waals surface area contributed by atoms with Crippen LogP contribution in [0.5, 0.6) is 0 Å². The molecule has 3 heteroatoms. The SMILES string of the molecule is Cc1cccccoc2c(-c3ccc(Cl)cc3Br)cccc12.